The maximum atomic E-state index is 10.6. The molecular weight excluding hydrogens is 393 g/mol. The largest absolute Gasteiger partial charge is 0.370 e. The molecule has 0 radical (unpaired) electrons. The van der Waals surface area contributed by atoms with E-state index in [1.54, 1.807) is 0 Å². The van der Waals surface area contributed by atoms with Crippen molar-refractivity contribution in [2.24, 2.45) is 5.73 Å². The van der Waals surface area contributed by atoms with Crippen molar-refractivity contribution in [1.29, 1.82) is 0 Å². The molecule has 108 valence electrons. The minimum Gasteiger partial charge on any atom is -0.370 e. The number of aromatic nitrogens is 2. The summed E-state index contributed by atoms with van der Waals surface area (Å²) in [7, 11) is 0. The summed E-state index contributed by atoms with van der Waals surface area (Å²) >= 11 is 8.08. The first kappa shape index (κ1) is 15.5. The van der Waals surface area contributed by atoms with E-state index in [4.69, 9.17) is 22.1 Å². The molecule has 0 saturated carbocycles. The molecule has 0 aliphatic rings. The molecule has 0 fully saturated rings. The zero-order valence-electron chi connectivity index (χ0n) is 10.8. The van der Waals surface area contributed by atoms with Crippen LogP contribution in [0.4, 0.5) is 0 Å². The van der Waals surface area contributed by atoms with Crippen molar-refractivity contribution in [2.75, 3.05) is 19.1 Å². The molecule has 1 heterocycles. The minimum absolute atomic E-state index is 0.0602. The van der Waals surface area contributed by atoms with Crippen LogP contribution >= 0.6 is 34.2 Å². The van der Waals surface area contributed by atoms with Crippen LogP contribution in [0.1, 0.15) is 5.82 Å². The highest BCUT2D eigenvalue weighted by Gasteiger charge is 2.10. The van der Waals surface area contributed by atoms with E-state index in [9.17, 15) is 4.79 Å². The summed E-state index contributed by atoms with van der Waals surface area (Å²) in [6.45, 7) is 0.974. The van der Waals surface area contributed by atoms with Crippen LogP contribution in [0.5, 0.6) is 0 Å². The number of halogens is 2. The number of alkyl halides is 1. The number of amides is 1. The van der Waals surface area contributed by atoms with Gasteiger partial charge >= 0.3 is 0 Å². The average molecular weight is 408 g/mol. The van der Waals surface area contributed by atoms with Gasteiger partial charge in [0.2, 0.25) is 5.91 Å². The van der Waals surface area contributed by atoms with Crippen molar-refractivity contribution in [1.82, 2.24) is 9.55 Å². The lowest BCUT2D eigenvalue weighted by atomic mass is 10.3. The Balaban J connectivity index is 2.19. The van der Waals surface area contributed by atoms with E-state index in [0.717, 1.165) is 20.4 Å². The zero-order chi connectivity index (χ0) is 14.5. The average Bonchev–Trinajstić information content (AvgIpc) is 2.72. The first-order valence-electron chi connectivity index (χ1n) is 6.18. The van der Waals surface area contributed by atoms with E-state index in [2.05, 4.69) is 32.1 Å². The zero-order valence-corrected chi connectivity index (χ0v) is 13.7. The standard InChI is InChI=1S/C13H15ClIN3O2/c14-4-3-13-17-10-7-9(15)1-2-11(10)18(13)5-6-20-8-12(16)19/h1-2,7H,3-6,8H2,(H2,16,19). The van der Waals surface area contributed by atoms with Crippen molar-refractivity contribution in [3.63, 3.8) is 0 Å². The topological polar surface area (TPSA) is 70.1 Å². The molecule has 0 atom stereocenters. The van der Waals surface area contributed by atoms with Crippen molar-refractivity contribution < 1.29 is 9.53 Å². The molecule has 20 heavy (non-hydrogen) atoms. The fraction of sp³-hybridized carbons (Fsp3) is 0.385. The number of hydrogen-bond donors (Lipinski definition) is 1. The van der Waals surface area contributed by atoms with Crippen LogP contribution in [0.3, 0.4) is 0 Å². The Morgan fingerprint density at radius 3 is 3.00 bits per heavy atom. The van der Waals surface area contributed by atoms with E-state index in [1.165, 1.54) is 0 Å². The van der Waals surface area contributed by atoms with Gasteiger partial charge in [-0.25, -0.2) is 4.98 Å². The molecule has 0 spiro atoms. The van der Waals surface area contributed by atoms with Gasteiger partial charge in [-0.2, -0.15) is 0 Å². The Kier molecular flexibility index (Phi) is 5.62. The number of carbonyl (C=O) groups is 1. The Hall–Kier alpha value is -0.860. The summed E-state index contributed by atoms with van der Waals surface area (Å²) in [4.78, 5) is 15.2. The molecule has 0 aliphatic heterocycles. The maximum Gasteiger partial charge on any atom is 0.243 e. The molecule has 1 aromatic carbocycles. The predicted octanol–water partition coefficient (Wildman–Crippen LogP) is 1.92. The number of nitrogens with two attached hydrogens (primary N) is 1. The van der Waals surface area contributed by atoms with Crippen LogP contribution in [0.2, 0.25) is 0 Å². The van der Waals surface area contributed by atoms with Crippen LogP contribution in [-0.4, -0.2) is 34.6 Å². The number of hydrogen-bond acceptors (Lipinski definition) is 3. The smallest absolute Gasteiger partial charge is 0.243 e. The molecule has 1 amide bonds. The van der Waals surface area contributed by atoms with Gasteiger partial charge in [-0.05, 0) is 40.8 Å². The van der Waals surface area contributed by atoms with Crippen molar-refractivity contribution in [3.8, 4) is 0 Å². The van der Waals surface area contributed by atoms with Crippen LogP contribution in [0.25, 0.3) is 11.0 Å². The van der Waals surface area contributed by atoms with Gasteiger partial charge in [0, 0.05) is 22.4 Å². The highest BCUT2D eigenvalue weighted by molar-refractivity contribution is 14.1. The first-order chi connectivity index (χ1) is 9.61. The molecule has 0 bridgehead atoms. The monoisotopic (exact) mass is 407 g/mol. The first-order valence-corrected chi connectivity index (χ1v) is 7.80. The third-order valence-electron chi connectivity index (χ3n) is 2.81. The normalized spacial score (nSPS) is 11.1. The number of carbonyl (C=O) groups excluding carboxylic acids is 1. The summed E-state index contributed by atoms with van der Waals surface area (Å²) in [5.74, 6) is 0.985. The number of ether oxygens (including phenoxy) is 1. The minimum atomic E-state index is -0.462. The Morgan fingerprint density at radius 1 is 1.50 bits per heavy atom. The van der Waals surface area contributed by atoms with Gasteiger partial charge in [0.25, 0.3) is 0 Å². The Bertz CT molecular complexity index is 615. The molecule has 5 nitrogen and oxygen atoms in total. The van der Waals surface area contributed by atoms with E-state index in [1.807, 2.05) is 18.2 Å². The lowest BCUT2D eigenvalue weighted by molar-refractivity contribution is -0.122. The fourth-order valence-corrected chi connectivity index (χ4v) is 2.65. The van der Waals surface area contributed by atoms with Crippen LogP contribution in [0, 0.1) is 3.57 Å². The van der Waals surface area contributed by atoms with Crippen molar-refractivity contribution >= 4 is 51.1 Å². The molecule has 7 heteroatoms. The SMILES string of the molecule is NC(=O)COCCn1c(CCCl)nc2cc(I)ccc21. The van der Waals surface area contributed by atoms with Gasteiger partial charge in [-0.3, -0.25) is 4.79 Å². The molecule has 2 aromatic rings. The van der Waals surface area contributed by atoms with E-state index < -0.39 is 5.91 Å². The molecule has 2 N–H and O–H groups in total. The fourth-order valence-electron chi connectivity index (χ4n) is 2.01. The molecular formula is C13H15ClIN3O2. The van der Waals surface area contributed by atoms with Gasteiger partial charge in [-0.1, -0.05) is 0 Å². The van der Waals surface area contributed by atoms with Gasteiger partial charge in [-0.15, -0.1) is 11.6 Å². The maximum absolute atomic E-state index is 10.6. The van der Waals surface area contributed by atoms with Crippen LogP contribution in [-0.2, 0) is 22.5 Å². The van der Waals surface area contributed by atoms with Gasteiger partial charge in [0.05, 0.1) is 17.6 Å². The number of benzene rings is 1. The second kappa shape index (κ2) is 7.24. The molecule has 0 saturated heterocycles. The predicted molar refractivity (Wildman–Crippen MR) is 86.9 cm³/mol. The number of rotatable bonds is 7. The Labute approximate surface area is 135 Å². The number of imidazole rings is 1. The van der Waals surface area contributed by atoms with E-state index in [0.29, 0.717) is 25.5 Å². The third kappa shape index (κ3) is 3.83. The van der Waals surface area contributed by atoms with Crippen molar-refractivity contribution in [2.45, 2.75) is 13.0 Å². The molecule has 0 unspecified atom stereocenters. The second-order valence-electron chi connectivity index (χ2n) is 4.27. The number of fused-ring (bicyclic) bond motifs is 1. The summed E-state index contributed by atoms with van der Waals surface area (Å²) in [6.07, 6.45) is 0.697. The summed E-state index contributed by atoms with van der Waals surface area (Å²) in [5.41, 5.74) is 7.04. The van der Waals surface area contributed by atoms with Gasteiger partial charge in [0.15, 0.2) is 0 Å². The van der Waals surface area contributed by atoms with E-state index >= 15 is 0 Å². The highest BCUT2D eigenvalue weighted by Crippen LogP contribution is 2.19. The molecule has 1 aromatic heterocycles. The summed E-state index contributed by atoms with van der Waals surface area (Å²) in [6, 6.07) is 6.11. The van der Waals surface area contributed by atoms with E-state index in [-0.39, 0.29) is 6.61 Å². The summed E-state index contributed by atoms with van der Waals surface area (Å²) in [5, 5.41) is 0. The van der Waals surface area contributed by atoms with Crippen molar-refractivity contribution in [3.05, 3.63) is 27.6 Å². The van der Waals surface area contributed by atoms with Crippen LogP contribution < -0.4 is 5.73 Å². The lowest BCUT2D eigenvalue weighted by Crippen LogP contribution is -2.20. The van der Waals surface area contributed by atoms with Gasteiger partial charge < -0.3 is 15.0 Å². The number of aryl methyl sites for hydroxylation is 1. The second-order valence-corrected chi connectivity index (χ2v) is 5.89. The quantitative estimate of drug-likeness (QED) is 0.433. The van der Waals surface area contributed by atoms with Gasteiger partial charge in [0.1, 0.15) is 12.4 Å². The third-order valence-corrected chi connectivity index (χ3v) is 3.67. The number of nitrogens with zero attached hydrogens (tertiary/aromatic N) is 2. The molecule has 0 aliphatic carbocycles. The lowest BCUT2D eigenvalue weighted by Gasteiger charge is -2.08. The molecule has 2 rings (SSSR count). The Morgan fingerprint density at radius 2 is 2.30 bits per heavy atom. The van der Waals surface area contributed by atoms with Crippen LogP contribution in [0.15, 0.2) is 18.2 Å². The number of primary amides is 1. The highest BCUT2D eigenvalue weighted by atomic mass is 127. The summed E-state index contributed by atoms with van der Waals surface area (Å²) < 4.78 is 8.44.